The summed E-state index contributed by atoms with van der Waals surface area (Å²) in [5, 5.41) is 5.15. The molecule has 1 aliphatic rings. The molecule has 0 bridgehead atoms. The third kappa shape index (κ3) is 2.68. The Labute approximate surface area is 192 Å². The molecule has 0 radical (unpaired) electrons. The van der Waals surface area contributed by atoms with Crippen LogP contribution in [0.3, 0.4) is 0 Å². The lowest BCUT2D eigenvalue weighted by atomic mass is 10.2. The fourth-order valence-electron chi connectivity index (χ4n) is 5.33. The molecular weight excluding hydrogens is 400 g/mol. The van der Waals surface area contributed by atoms with Crippen molar-refractivity contribution in [2.45, 2.75) is 6.42 Å². The quantitative estimate of drug-likeness (QED) is 0.266. The summed E-state index contributed by atoms with van der Waals surface area (Å²) in [6, 6.07) is 34.8. The molecule has 2 aromatic heterocycles. The van der Waals surface area contributed by atoms with Gasteiger partial charge in [-0.3, -0.25) is 0 Å². The van der Waals surface area contributed by atoms with Gasteiger partial charge in [0.25, 0.3) is 0 Å². The number of fused-ring (bicyclic) bond motifs is 6. The van der Waals surface area contributed by atoms with Gasteiger partial charge in [0.05, 0.1) is 22.1 Å². The zero-order chi connectivity index (χ0) is 21.8. The van der Waals surface area contributed by atoms with E-state index in [1.165, 1.54) is 55.0 Å². The Morgan fingerprint density at radius 3 is 1.30 bits per heavy atom. The largest absolute Gasteiger partial charge is 0.309 e. The summed E-state index contributed by atoms with van der Waals surface area (Å²) < 4.78 is 4.81. The van der Waals surface area contributed by atoms with Crippen LogP contribution in [0.2, 0.25) is 0 Å². The van der Waals surface area contributed by atoms with Crippen molar-refractivity contribution in [3.05, 3.63) is 121 Å². The Kier molecular flexibility index (Phi) is 3.94. The third-order valence-corrected chi connectivity index (χ3v) is 6.72. The molecule has 0 saturated carbocycles. The second-order valence-corrected chi connectivity index (χ2v) is 8.58. The molecule has 0 saturated heterocycles. The van der Waals surface area contributed by atoms with Crippen LogP contribution >= 0.6 is 0 Å². The molecule has 156 valence electrons. The van der Waals surface area contributed by atoms with Crippen LogP contribution in [0.15, 0.2) is 121 Å². The van der Waals surface area contributed by atoms with E-state index in [0.717, 1.165) is 6.42 Å². The van der Waals surface area contributed by atoms with Crippen LogP contribution in [-0.4, -0.2) is 9.13 Å². The summed E-state index contributed by atoms with van der Waals surface area (Å²) in [4.78, 5) is 0. The van der Waals surface area contributed by atoms with Gasteiger partial charge in [-0.15, -0.1) is 0 Å². The first-order chi connectivity index (χ1) is 16.4. The number of benzene rings is 4. The summed E-state index contributed by atoms with van der Waals surface area (Å²) in [5.41, 5.74) is 7.33. The number of aromatic nitrogens is 2. The highest BCUT2D eigenvalue weighted by Crippen LogP contribution is 2.36. The number of nitrogens with zero attached hydrogens (tertiary/aromatic N) is 2. The Bertz CT molecular complexity index is 1680. The van der Waals surface area contributed by atoms with Crippen LogP contribution in [0.1, 0.15) is 6.42 Å². The van der Waals surface area contributed by atoms with Crippen molar-refractivity contribution in [1.82, 2.24) is 9.13 Å². The first-order valence-electron chi connectivity index (χ1n) is 11.5. The Morgan fingerprint density at radius 1 is 0.455 bits per heavy atom. The maximum Gasteiger partial charge on any atom is 0.0541 e. The molecule has 0 aliphatic heterocycles. The predicted octanol–water partition coefficient (Wildman–Crippen LogP) is 8.24. The summed E-state index contributed by atoms with van der Waals surface area (Å²) >= 11 is 0. The first kappa shape index (κ1) is 18.3. The zero-order valence-corrected chi connectivity index (χ0v) is 18.1. The molecule has 1 aliphatic carbocycles. The standard InChI is InChI=1S/C31H22N2/c1-2-12-23(33-30-19-9-5-15-26(30)27-16-6-10-20-31(27)33)21-22(11-1)32-28-17-7-3-13-24(28)25-14-4-8-18-29(25)32/h1,3-21H,2H2. The molecule has 0 spiro atoms. The summed E-state index contributed by atoms with van der Waals surface area (Å²) in [7, 11) is 0. The van der Waals surface area contributed by atoms with Gasteiger partial charge in [-0.1, -0.05) is 84.9 Å². The van der Waals surface area contributed by atoms with Gasteiger partial charge in [-0.2, -0.15) is 0 Å². The fourth-order valence-corrected chi connectivity index (χ4v) is 5.33. The fraction of sp³-hybridized carbons (Fsp3) is 0.0323. The molecule has 2 nitrogen and oxygen atoms in total. The maximum atomic E-state index is 2.41. The average Bonchev–Trinajstić information content (AvgIpc) is 3.27. The number of para-hydroxylation sites is 4. The highest BCUT2D eigenvalue weighted by molar-refractivity contribution is 6.12. The molecule has 7 rings (SSSR count). The zero-order valence-electron chi connectivity index (χ0n) is 18.1. The number of hydrogen-bond donors (Lipinski definition) is 0. The van der Waals surface area contributed by atoms with Gasteiger partial charge < -0.3 is 9.13 Å². The Morgan fingerprint density at radius 2 is 0.848 bits per heavy atom. The topological polar surface area (TPSA) is 9.86 Å². The van der Waals surface area contributed by atoms with Gasteiger partial charge in [0, 0.05) is 32.9 Å². The monoisotopic (exact) mass is 422 g/mol. The van der Waals surface area contributed by atoms with Crippen molar-refractivity contribution in [1.29, 1.82) is 0 Å². The van der Waals surface area contributed by atoms with E-state index in [-0.39, 0.29) is 0 Å². The maximum absolute atomic E-state index is 2.41. The van der Waals surface area contributed by atoms with Crippen LogP contribution in [-0.2, 0) is 0 Å². The highest BCUT2D eigenvalue weighted by Gasteiger charge is 2.16. The molecule has 0 N–H and O–H groups in total. The van der Waals surface area contributed by atoms with Crippen molar-refractivity contribution >= 4 is 55.0 Å². The normalized spacial score (nSPS) is 14.2. The van der Waals surface area contributed by atoms with Crippen LogP contribution in [0.5, 0.6) is 0 Å². The molecule has 6 aromatic rings. The highest BCUT2D eigenvalue weighted by atomic mass is 15.0. The Hall–Kier alpha value is -4.30. The van der Waals surface area contributed by atoms with Crippen LogP contribution in [0.4, 0.5) is 0 Å². The molecular formula is C31H22N2. The molecule has 2 heteroatoms. The van der Waals surface area contributed by atoms with Crippen molar-refractivity contribution in [3.8, 4) is 0 Å². The summed E-state index contributed by atoms with van der Waals surface area (Å²) in [5.74, 6) is 0. The third-order valence-electron chi connectivity index (χ3n) is 6.72. The molecule has 0 fully saturated rings. The van der Waals surface area contributed by atoms with E-state index in [4.69, 9.17) is 0 Å². The van der Waals surface area contributed by atoms with E-state index < -0.39 is 0 Å². The van der Waals surface area contributed by atoms with Gasteiger partial charge in [0.2, 0.25) is 0 Å². The summed E-state index contributed by atoms with van der Waals surface area (Å²) in [6.07, 6.45) is 10.1. The number of rotatable bonds is 2. The van der Waals surface area contributed by atoms with Gasteiger partial charge in [0.15, 0.2) is 0 Å². The van der Waals surface area contributed by atoms with Crippen molar-refractivity contribution < 1.29 is 0 Å². The predicted molar refractivity (Wildman–Crippen MR) is 141 cm³/mol. The second kappa shape index (κ2) is 7.11. The Balaban J connectivity index is 1.53. The van der Waals surface area contributed by atoms with Gasteiger partial charge >= 0.3 is 0 Å². The molecule has 2 heterocycles. The van der Waals surface area contributed by atoms with Crippen LogP contribution < -0.4 is 0 Å². The number of hydrogen-bond acceptors (Lipinski definition) is 0. The van der Waals surface area contributed by atoms with Crippen molar-refractivity contribution in [2.75, 3.05) is 0 Å². The lowest BCUT2D eigenvalue weighted by molar-refractivity contribution is 1.20. The summed E-state index contributed by atoms with van der Waals surface area (Å²) in [6.45, 7) is 0. The van der Waals surface area contributed by atoms with E-state index in [0.29, 0.717) is 0 Å². The van der Waals surface area contributed by atoms with Gasteiger partial charge in [-0.25, -0.2) is 0 Å². The van der Waals surface area contributed by atoms with Crippen molar-refractivity contribution in [2.24, 2.45) is 0 Å². The first-order valence-corrected chi connectivity index (χ1v) is 11.5. The smallest absolute Gasteiger partial charge is 0.0541 e. The molecule has 0 unspecified atom stereocenters. The number of allylic oxidation sites excluding steroid dienone is 6. The van der Waals surface area contributed by atoms with Gasteiger partial charge in [0.1, 0.15) is 0 Å². The molecule has 0 atom stereocenters. The van der Waals surface area contributed by atoms with E-state index in [1.54, 1.807) is 0 Å². The van der Waals surface area contributed by atoms with Crippen molar-refractivity contribution in [3.63, 3.8) is 0 Å². The molecule has 0 amide bonds. The minimum Gasteiger partial charge on any atom is -0.309 e. The van der Waals surface area contributed by atoms with Gasteiger partial charge in [-0.05, 0) is 42.8 Å². The van der Waals surface area contributed by atoms with E-state index in [2.05, 4.69) is 131 Å². The van der Waals surface area contributed by atoms with Crippen LogP contribution in [0.25, 0.3) is 55.0 Å². The SMILES string of the molecule is C1=CC(n2c3ccccc3c3ccccc32)=CC(n2c3ccccc3c3ccccc32)=CC1. The molecule has 33 heavy (non-hydrogen) atoms. The lowest BCUT2D eigenvalue weighted by Crippen LogP contribution is -1.98. The van der Waals surface area contributed by atoms with E-state index in [9.17, 15) is 0 Å². The minimum absolute atomic E-state index is 0.896. The van der Waals surface area contributed by atoms with E-state index in [1.807, 2.05) is 0 Å². The average molecular weight is 423 g/mol. The van der Waals surface area contributed by atoms with E-state index >= 15 is 0 Å². The van der Waals surface area contributed by atoms with Crippen LogP contribution in [0, 0.1) is 0 Å². The minimum atomic E-state index is 0.896. The lowest BCUT2D eigenvalue weighted by Gasteiger charge is -2.12. The second-order valence-electron chi connectivity index (χ2n) is 8.58. The molecule has 4 aromatic carbocycles.